The quantitative estimate of drug-likeness (QED) is 0.701. The summed E-state index contributed by atoms with van der Waals surface area (Å²) in [4.78, 5) is 0. The van der Waals surface area contributed by atoms with Crippen molar-refractivity contribution in [2.75, 3.05) is 0 Å². The summed E-state index contributed by atoms with van der Waals surface area (Å²) < 4.78 is 13.1. The third-order valence-corrected chi connectivity index (χ3v) is 1.62. The Balaban J connectivity index is 3.83. The molecule has 0 heterocycles. The zero-order valence-corrected chi connectivity index (χ0v) is 8.95. The van der Waals surface area contributed by atoms with Gasteiger partial charge in [-0.15, -0.1) is 0 Å². The van der Waals surface area contributed by atoms with E-state index in [1.54, 1.807) is 13.8 Å². The summed E-state index contributed by atoms with van der Waals surface area (Å²) in [5.41, 5.74) is 4.87. The second-order valence-corrected chi connectivity index (χ2v) is 5.45. The van der Waals surface area contributed by atoms with E-state index < -0.39 is 5.67 Å². The molecule has 0 aliphatic rings. The van der Waals surface area contributed by atoms with Crippen molar-refractivity contribution in [2.45, 2.75) is 59.2 Å². The smallest absolute Gasteiger partial charge is 0.107 e. The number of rotatable bonds is 3. The largest absolute Gasteiger partial charge is 0.328 e. The van der Waals surface area contributed by atoms with E-state index in [0.717, 1.165) is 6.42 Å². The minimum atomic E-state index is -1.13. The Morgan fingerprint density at radius 2 is 1.50 bits per heavy atom. The molecule has 0 spiro atoms. The molecule has 0 aromatic heterocycles. The second-order valence-electron chi connectivity index (χ2n) is 5.45. The van der Waals surface area contributed by atoms with Gasteiger partial charge >= 0.3 is 0 Å². The fraction of sp³-hybridized carbons (Fsp3) is 1.00. The molecule has 1 nitrogen and oxygen atoms in total. The molecule has 0 radical (unpaired) electrons. The lowest BCUT2D eigenvalue weighted by Gasteiger charge is -2.26. The van der Waals surface area contributed by atoms with Gasteiger partial charge in [0.2, 0.25) is 0 Å². The van der Waals surface area contributed by atoms with Crippen molar-refractivity contribution in [3.8, 4) is 0 Å². The number of nitrogens with two attached hydrogens (primary N) is 1. The number of hydrogen-bond acceptors (Lipinski definition) is 1. The van der Waals surface area contributed by atoms with Crippen LogP contribution < -0.4 is 5.73 Å². The van der Waals surface area contributed by atoms with Gasteiger partial charge in [0, 0.05) is 6.04 Å². The van der Waals surface area contributed by atoms with E-state index in [0.29, 0.717) is 6.42 Å². The summed E-state index contributed by atoms with van der Waals surface area (Å²) in [5.74, 6) is 0. The van der Waals surface area contributed by atoms with E-state index in [1.165, 1.54) is 0 Å². The van der Waals surface area contributed by atoms with Crippen LogP contribution in [-0.4, -0.2) is 11.7 Å². The molecule has 0 fully saturated rings. The molecular weight excluding hydrogens is 153 g/mol. The second kappa shape index (κ2) is 3.73. The zero-order valence-electron chi connectivity index (χ0n) is 8.95. The lowest BCUT2D eigenvalue weighted by molar-refractivity contribution is 0.173. The molecule has 0 aliphatic carbocycles. The molecule has 0 saturated heterocycles. The van der Waals surface area contributed by atoms with Crippen LogP contribution >= 0.6 is 0 Å². The third kappa shape index (κ3) is 7.99. The molecule has 74 valence electrons. The predicted molar refractivity (Wildman–Crippen MR) is 51.9 cm³/mol. The van der Waals surface area contributed by atoms with Crippen LogP contribution in [0.3, 0.4) is 0 Å². The molecule has 0 aromatic rings. The number of alkyl halides is 1. The van der Waals surface area contributed by atoms with Crippen LogP contribution in [-0.2, 0) is 0 Å². The van der Waals surface area contributed by atoms with Gasteiger partial charge in [-0.25, -0.2) is 4.39 Å². The van der Waals surface area contributed by atoms with E-state index in [9.17, 15) is 4.39 Å². The fourth-order valence-corrected chi connectivity index (χ4v) is 1.48. The van der Waals surface area contributed by atoms with Crippen molar-refractivity contribution in [2.24, 2.45) is 11.1 Å². The van der Waals surface area contributed by atoms with Gasteiger partial charge in [0.1, 0.15) is 5.67 Å². The zero-order chi connectivity index (χ0) is 9.99. The van der Waals surface area contributed by atoms with Crippen LogP contribution in [0.2, 0.25) is 0 Å². The van der Waals surface area contributed by atoms with Gasteiger partial charge in [-0.1, -0.05) is 20.8 Å². The Morgan fingerprint density at radius 1 is 1.08 bits per heavy atom. The monoisotopic (exact) mass is 175 g/mol. The minimum Gasteiger partial charge on any atom is -0.328 e. The van der Waals surface area contributed by atoms with Crippen LogP contribution in [0.5, 0.6) is 0 Å². The fourth-order valence-electron chi connectivity index (χ4n) is 1.48. The highest BCUT2D eigenvalue weighted by Gasteiger charge is 2.23. The average molecular weight is 175 g/mol. The molecule has 2 N–H and O–H groups in total. The highest BCUT2D eigenvalue weighted by Crippen LogP contribution is 2.25. The molecule has 0 rings (SSSR count). The molecule has 1 unspecified atom stereocenters. The van der Waals surface area contributed by atoms with Crippen molar-refractivity contribution in [1.29, 1.82) is 0 Å². The maximum Gasteiger partial charge on any atom is 0.107 e. The van der Waals surface area contributed by atoms with E-state index in [1.807, 2.05) is 0 Å². The molecular formula is C10H22FN. The van der Waals surface area contributed by atoms with Crippen LogP contribution in [0.4, 0.5) is 4.39 Å². The Morgan fingerprint density at radius 3 is 1.75 bits per heavy atom. The Bertz CT molecular complexity index is 114. The summed E-state index contributed by atoms with van der Waals surface area (Å²) in [5, 5.41) is 0. The van der Waals surface area contributed by atoms with Gasteiger partial charge in [0.15, 0.2) is 0 Å². The van der Waals surface area contributed by atoms with E-state index in [2.05, 4.69) is 20.8 Å². The normalized spacial score (nSPS) is 16.2. The highest BCUT2D eigenvalue weighted by molar-refractivity contribution is 4.78. The van der Waals surface area contributed by atoms with Crippen molar-refractivity contribution >= 4 is 0 Å². The first-order chi connectivity index (χ1) is 5.10. The van der Waals surface area contributed by atoms with Crippen LogP contribution in [0.1, 0.15) is 47.5 Å². The standard InChI is InChI=1S/C10H22FN/c1-9(2,3)6-8(12)7-10(4,5)11/h8H,6-7,12H2,1-5H3. The van der Waals surface area contributed by atoms with Gasteiger partial charge in [-0.3, -0.25) is 0 Å². The highest BCUT2D eigenvalue weighted by atomic mass is 19.1. The first-order valence-corrected chi connectivity index (χ1v) is 4.55. The summed E-state index contributed by atoms with van der Waals surface area (Å²) in [6.45, 7) is 9.53. The minimum absolute atomic E-state index is 0.0231. The molecule has 1 atom stereocenters. The van der Waals surface area contributed by atoms with E-state index in [-0.39, 0.29) is 11.5 Å². The molecule has 12 heavy (non-hydrogen) atoms. The maximum atomic E-state index is 13.1. The van der Waals surface area contributed by atoms with E-state index >= 15 is 0 Å². The lowest BCUT2D eigenvalue weighted by atomic mass is 9.85. The summed E-state index contributed by atoms with van der Waals surface area (Å²) in [6.07, 6.45) is 1.32. The lowest BCUT2D eigenvalue weighted by Crippen LogP contribution is -2.32. The Labute approximate surface area is 75.5 Å². The van der Waals surface area contributed by atoms with Gasteiger partial charge in [-0.05, 0) is 32.1 Å². The topological polar surface area (TPSA) is 26.0 Å². The van der Waals surface area contributed by atoms with Crippen LogP contribution in [0, 0.1) is 5.41 Å². The molecule has 0 saturated carbocycles. The first kappa shape index (κ1) is 11.9. The number of halogens is 1. The summed E-state index contributed by atoms with van der Waals surface area (Å²) in [6, 6.07) is -0.0231. The van der Waals surface area contributed by atoms with Crippen molar-refractivity contribution in [3.05, 3.63) is 0 Å². The Kier molecular flexibility index (Phi) is 3.70. The maximum absolute atomic E-state index is 13.1. The molecule has 2 heteroatoms. The van der Waals surface area contributed by atoms with Gasteiger partial charge < -0.3 is 5.73 Å². The molecule has 0 aliphatic heterocycles. The predicted octanol–water partition coefficient (Wildman–Crippen LogP) is 2.89. The summed E-state index contributed by atoms with van der Waals surface area (Å²) >= 11 is 0. The SMILES string of the molecule is CC(C)(C)CC(N)CC(C)(C)F. The Hall–Kier alpha value is -0.110. The molecule has 0 amide bonds. The van der Waals surface area contributed by atoms with Crippen molar-refractivity contribution < 1.29 is 4.39 Å². The number of hydrogen-bond donors (Lipinski definition) is 1. The van der Waals surface area contributed by atoms with E-state index in [4.69, 9.17) is 5.73 Å². The van der Waals surface area contributed by atoms with Gasteiger partial charge in [0.05, 0.1) is 0 Å². The molecule has 0 aromatic carbocycles. The third-order valence-electron chi connectivity index (χ3n) is 1.62. The summed E-state index contributed by atoms with van der Waals surface area (Å²) in [7, 11) is 0. The van der Waals surface area contributed by atoms with Crippen LogP contribution in [0.15, 0.2) is 0 Å². The van der Waals surface area contributed by atoms with Crippen molar-refractivity contribution in [1.82, 2.24) is 0 Å². The van der Waals surface area contributed by atoms with Gasteiger partial charge in [-0.2, -0.15) is 0 Å². The van der Waals surface area contributed by atoms with Crippen LogP contribution in [0.25, 0.3) is 0 Å². The first-order valence-electron chi connectivity index (χ1n) is 4.55. The van der Waals surface area contributed by atoms with Crippen molar-refractivity contribution in [3.63, 3.8) is 0 Å². The molecule has 0 bridgehead atoms. The average Bonchev–Trinajstić information content (AvgIpc) is 1.49. The van der Waals surface area contributed by atoms with Gasteiger partial charge in [0.25, 0.3) is 0 Å².